The Morgan fingerprint density at radius 2 is 1.57 bits per heavy atom. The number of hydrogen-bond donors (Lipinski definition) is 0. The predicted octanol–water partition coefficient (Wildman–Crippen LogP) is 0.577. The maximum Gasteiger partial charge on any atom is 0.147 e. The second kappa shape index (κ2) is 4.19. The fraction of sp³-hybridized carbons (Fsp3) is 1.00. The van der Waals surface area contributed by atoms with E-state index in [2.05, 4.69) is 19.2 Å². The van der Waals surface area contributed by atoms with Crippen LogP contribution in [0.25, 0.3) is 0 Å². The molecule has 0 unspecified atom stereocenters. The van der Waals surface area contributed by atoms with Crippen molar-refractivity contribution in [3.8, 4) is 0 Å². The van der Waals surface area contributed by atoms with Crippen molar-refractivity contribution in [2.24, 2.45) is 0 Å². The zero-order valence-corrected chi connectivity index (χ0v) is 5.44. The summed E-state index contributed by atoms with van der Waals surface area (Å²) in [6.45, 7) is 4.00. The number of rotatable bonds is 0. The summed E-state index contributed by atoms with van der Waals surface area (Å²) in [4.78, 5) is 2.25. The molecular formula is C5H13BN. The molecule has 1 saturated heterocycles. The molecule has 1 aliphatic heterocycles. The molecule has 0 saturated carbocycles. The largest absolute Gasteiger partial charge is 0.322 e. The highest BCUT2D eigenvalue weighted by Crippen LogP contribution is 1.87. The lowest BCUT2D eigenvalue weighted by molar-refractivity contribution is 0.403. The Balaban J connectivity index is 0.000000162. The Morgan fingerprint density at radius 3 is 1.57 bits per heavy atom. The average Bonchev–Trinajstić information content (AvgIpc) is 1.68. The highest BCUT2D eigenvalue weighted by Gasteiger charge is 2.06. The Kier molecular flexibility index (Phi) is 4.21. The smallest absolute Gasteiger partial charge is 0.147 e. The lowest BCUT2D eigenvalue weighted by Crippen LogP contribution is -2.41. The standard InChI is InChI=1S/C3H7BN.C2H6/c1-5-2-4-3-5;1-2/h2-3H2,1H3;1-2H3. The molecule has 1 radical (unpaired) electrons. The van der Waals surface area contributed by atoms with E-state index >= 15 is 0 Å². The van der Waals surface area contributed by atoms with Gasteiger partial charge in [0.25, 0.3) is 0 Å². The lowest BCUT2D eigenvalue weighted by atomic mass is 9.70. The minimum Gasteiger partial charge on any atom is -0.322 e. The predicted molar refractivity (Wildman–Crippen MR) is 34.6 cm³/mol. The van der Waals surface area contributed by atoms with Gasteiger partial charge in [0.1, 0.15) is 7.28 Å². The summed E-state index contributed by atoms with van der Waals surface area (Å²) in [5, 5.41) is 0. The van der Waals surface area contributed by atoms with Gasteiger partial charge in [-0.05, 0) is 19.9 Å². The maximum absolute atomic E-state index is 2.25. The van der Waals surface area contributed by atoms with Crippen molar-refractivity contribution in [1.82, 2.24) is 4.90 Å². The zero-order valence-electron chi connectivity index (χ0n) is 5.44. The second-order valence-electron chi connectivity index (χ2n) is 1.51. The van der Waals surface area contributed by atoms with Gasteiger partial charge in [-0.1, -0.05) is 13.8 Å². The maximum atomic E-state index is 2.25. The monoisotopic (exact) mass is 98.1 g/mol. The second-order valence-corrected chi connectivity index (χ2v) is 1.51. The molecule has 2 heteroatoms. The summed E-state index contributed by atoms with van der Waals surface area (Å²) in [5.74, 6) is 0. The van der Waals surface area contributed by atoms with Gasteiger partial charge >= 0.3 is 0 Å². The topological polar surface area (TPSA) is 3.24 Å². The fourth-order valence-corrected chi connectivity index (χ4v) is 0.387. The van der Waals surface area contributed by atoms with Crippen LogP contribution in [0.5, 0.6) is 0 Å². The first-order valence-electron chi connectivity index (χ1n) is 2.90. The summed E-state index contributed by atoms with van der Waals surface area (Å²) in [5.41, 5.74) is 0. The summed E-state index contributed by atoms with van der Waals surface area (Å²) in [6, 6.07) is 0. The molecule has 0 spiro atoms. The first kappa shape index (κ1) is 7.02. The molecule has 0 aromatic carbocycles. The molecule has 1 aliphatic rings. The van der Waals surface area contributed by atoms with Crippen LogP contribution >= 0.6 is 0 Å². The van der Waals surface area contributed by atoms with E-state index in [9.17, 15) is 0 Å². The van der Waals surface area contributed by atoms with Crippen LogP contribution in [-0.2, 0) is 0 Å². The molecule has 41 valence electrons. The van der Waals surface area contributed by atoms with Crippen molar-refractivity contribution in [2.75, 3.05) is 19.9 Å². The first-order chi connectivity index (χ1) is 3.39. The highest BCUT2D eigenvalue weighted by atomic mass is 15.1. The van der Waals surface area contributed by atoms with Gasteiger partial charge in [-0.15, -0.1) is 0 Å². The summed E-state index contributed by atoms with van der Waals surface area (Å²) in [6.07, 6.45) is 2.39. The van der Waals surface area contributed by atoms with E-state index < -0.39 is 0 Å². The van der Waals surface area contributed by atoms with Gasteiger partial charge in [-0.25, -0.2) is 0 Å². The SMILES string of the molecule is CC.CN1C[B]C1. The van der Waals surface area contributed by atoms with Crippen LogP contribution in [0, 0.1) is 0 Å². The van der Waals surface area contributed by atoms with Gasteiger partial charge in [0.15, 0.2) is 0 Å². The van der Waals surface area contributed by atoms with Crippen molar-refractivity contribution >= 4 is 7.28 Å². The summed E-state index contributed by atoms with van der Waals surface area (Å²) in [7, 11) is 4.36. The molecule has 0 N–H and O–H groups in total. The minimum absolute atomic E-state index is 1.19. The average molecular weight is 98.0 g/mol. The van der Waals surface area contributed by atoms with Crippen LogP contribution in [-0.4, -0.2) is 32.1 Å². The zero-order chi connectivity index (χ0) is 5.70. The van der Waals surface area contributed by atoms with Crippen LogP contribution in [0.2, 0.25) is 0 Å². The van der Waals surface area contributed by atoms with Crippen molar-refractivity contribution in [1.29, 1.82) is 0 Å². The van der Waals surface area contributed by atoms with Gasteiger partial charge in [-0.3, -0.25) is 0 Å². The van der Waals surface area contributed by atoms with Crippen molar-refractivity contribution in [3.05, 3.63) is 0 Å². The molecule has 1 heterocycles. The molecule has 0 atom stereocenters. The van der Waals surface area contributed by atoms with E-state index in [1.807, 2.05) is 13.8 Å². The molecule has 1 rings (SSSR count). The van der Waals surface area contributed by atoms with Crippen LogP contribution < -0.4 is 0 Å². The highest BCUT2D eigenvalue weighted by molar-refractivity contribution is 6.39. The molecule has 0 amide bonds. The molecule has 0 bridgehead atoms. The summed E-state index contributed by atoms with van der Waals surface area (Å²) < 4.78 is 0. The van der Waals surface area contributed by atoms with Gasteiger partial charge in [0.2, 0.25) is 0 Å². The third kappa shape index (κ3) is 2.69. The first-order valence-corrected chi connectivity index (χ1v) is 2.90. The van der Waals surface area contributed by atoms with Crippen molar-refractivity contribution < 1.29 is 0 Å². The van der Waals surface area contributed by atoms with Gasteiger partial charge < -0.3 is 4.90 Å². The fourth-order valence-electron chi connectivity index (χ4n) is 0.387. The lowest BCUT2D eigenvalue weighted by Gasteiger charge is -2.24. The molecule has 7 heavy (non-hydrogen) atoms. The third-order valence-electron chi connectivity index (χ3n) is 0.882. The Hall–Kier alpha value is 0.0249. The third-order valence-corrected chi connectivity index (χ3v) is 0.882. The van der Waals surface area contributed by atoms with E-state index in [0.29, 0.717) is 0 Å². The molecule has 1 nitrogen and oxygen atoms in total. The normalized spacial score (nSPS) is 18.1. The van der Waals surface area contributed by atoms with E-state index in [-0.39, 0.29) is 0 Å². The van der Waals surface area contributed by atoms with Crippen molar-refractivity contribution in [3.63, 3.8) is 0 Å². The molecular weight excluding hydrogens is 84.9 g/mol. The quantitative estimate of drug-likeness (QED) is 0.400. The number of nitrogens with zero attached hydrogens (tertiary/aromatic N) is 1. The van der Waals surface area contributed by atoms with Crippen LogP contribution in [0.15, 0.2) is 0 Å². The molecule has 1 fully saturated rings. The van der Waals surface area contributed by atoms with E-state index in [0.717, 1.165) is 0 Å². The van der Waals surface area contributed by atoms with Crippen LogP contribution in [0.4, 0.5) is 0 Å². The van der Waals surface area contributed by atoms with Crippen LogP contribution in [0.1, 0.15) is 13.8 Å². The Morgan fingerprint density at radius 1 is 1.29 bits per heavy atom. The van der Waals surface area contributed by atoms with E-state index in [1.54, 1.807) is 0 Å². The Labute approximate surface area is 46.9 Å². The van der Waals surface area contributed by atoms with E-state index in [4.69, 9.17) is 0 Å². The molecule has 0 aliphatic carbocycles. The van der Waals surface area contributed by atoms with Crippen LogP contribution in [0.3, 0.4) is 0 Å². The van der Waals surface area contributed by atoms with E-state index in [1.165, 1.54) is 12.9 Å². The van der Waals surface area contributed by atoms with Gasteiger partial charge in [0.05, 0.1) is 0 Å². The Bertz CT molecular complexity index is 35.1. The van der Waals surface area contributed by atoms with Crippen molar-refractivity contribution in [2.45, 2.75) is 13.8 Å². The van der Waals surface area contributed by atoms with Gasteiger partial charge in [-0.2, -0.15) is 0 Å². The number of hydrogen-bond acceptors (Lipinski definition) is 1. The summed E-state index contributed by atoms with van der Waals surface area (Å²) >= 11 is 0. The minimum atomic E-state index is 1.19. The van der Waals surface area contributed by atoms with Gasteiger partial charge in [0, 0.05) is 0 Å². The molecule has 0 aromatic heterocycles. The molecule has 0 aromatic rings.